The number of fused-ring (bicyclic) bond motifs is 4. The highest BCUT2D eigenvalue weighted by Gasteiger charge is 2.53. The minimum atomic E-state index is -0.235. The van der Waals surface area contributed by atoms with E-state index in [2.05, 4.69) is 6.08 Å². The van der Waals surface area contributed by atoms with Crippen LogP contribution in [0.3, 0.4) is 0 Å². The summed E-state index contributed by atoms with van der Waals surface area (Å²) in [7, 11) is 0. The van der Waals surface area contributed by atoms with Crippen LogP contribution in [0.4, 0.5) is 0 Å². The van der Waals surface area contributed by atoms with Gasteiger partial charge in [-0.15, -0.1) is 0 Å². The quantitative estimate of drug-likeness (QED) is 0.629. The molecule has 88 valence electrons. The maximum absolute atomic E-state index is 10.9. The van der Waals surface area contributed by atoms with Gasteiger partial charge in [-0.2, -0.15) is 0 Å². The second-order valence-electron chi connectivity index (χ2n) is 4.68. The van der Waals surface area contributed by atoms with E-state index in [0.29, 0.717) is 25.0 Å². The molecule has 3 rings (SSSR count). The third-order valence-corrected chi connectivity index (χ3v) is 3.70. The topological polar surface area (TPSA) is 44.8 Å². The van der Waals surface area contributed by atoms with Crippen molar-refractivity contribution in [2.45, 2.75) is 32.0 Å². The van der Waals surface area contributed by atoms with E-state index in [9.17, 15) is 4.79 Å². The van der Waals surface area contributed by atoms with Crippen molar-refractivity contribution >= 4 is 5.97 Å². The average molecular weight is 224 g/mol. The molecule has 4 nitrogen and oxygen atoms in total. The van der Waals surface area contributed by atoms with Gasteiger partial charge in [-0.1, -0.05) is 0 Å². The highest BCUT2D eigenvalue weighted by Crippen LogP contribution is 2.48. The standard InChI is InChI=1S/C12H16O4/c1-7(13)16-8-2-3-9-10(6-8)12-11(9)14-4-5-15-12/h6,9-12H,2-5H2,1H3/t9-,10+,11-,12-/m0/s1. The molecule has 0 radical (unpaired) electrons. The van der Waals surface area contributed by atoms with Crippen LogP contribution >= 0.6 is 0 Å². The molecule has 1 heterocycles. The maximum atomic E-state index is 10.9. The molecule has 1 aliphatic heterocycles. The van der Waals surface area contributed by atoms with E-state index in [4.69, 9.17) is 14.2 Å². The molecule has 2 fully saturated rings. The van der Waals surface area contributed by atoms with Crippen LogP contribution in [0.1, 0.15) is 19.8 Å². The van der Waals surface area contributed by atoms with E-state index in [-0.39, 0.29) is 18.2 Å². The predicted molar refractivity (Wildman–Crippen MR) is 55.5 cm³/mol. The van der Waals surface area contributed by atoms with Crippen LogP contribution in [0.25, 0.3) is 0 Å². The zero-order valence-electron chi connectivity index (χ0n) is 9.35. The van der Waals surface area contributed by atoms with Gasteiger partial charge in [0.25, 0.3) is 0 Å². The Morgan fingerprint density at radius 2 is 2.12 bits per heavy atom. The fourth-order valence-electron chi connectivity index (χ4n) is 3.02. The Morgan fingerprint density at radius 1 is 1.38 bits per heavy atom. The van der Waals surface area contributed by atoms with Crippen LogP contribution in [0, 0.1) is 11.8 Å². The zero-order chi connectivity index (χ0) is 11.1. The van der Waals surface area contributed by atoms with E-state index in [1.165, 1.54) is 6.92 Å². The summed E-state index contributed by atoms with van der Waals surface area (Å²) in [6, 6.07) is 0. The molecule has 0 amide bonds. The first-order valence-electron chi connectivity index (χ1n) is 5.88. The van der Waals surface area contributed by atoms with Gasteiger partial charge in [0.15, 0.2) is 0 Å². The summed E-state index contributed by atoms with van der Waals surface area (Å²) in [5.41, 5.74) is 0. The van der Waals surface area contributed by atoms with Crippen molar-refractivity contribution in [3.63, 3.8) is 0 Å². The minimum absolute atomic E-state index is 0.185. The Balaban J connectivity index is 1.71. The van der Waals surface area contributed by atoms with E-state index in [1.807, 2.05) is 0 Å². The Bertz CT molecular complexity index is 336. The van der Waals surface area contributed by atoms with Gasteiger partial charge in [0.05, 0.1) is 25.4 Å². The fourth-order valence-corrected chi connectivity index (χ4v) is 3.02. The molecule has 1 saturated carbocycles. The van der Waals surface area contributed by atoms with Gasteiger partial charge in [-0.05, 0) is 18.4 Å². The molecular formula is C12H16O4. The van der Waals surface area contributed by atoms with Gasteiger partial charge < -0.3 is 14.2 Å². The van der Waals surface area contributed by atoms with Crippen LogP contribution in [0.15, 0.2) is 11.8 Å². The summed E-state index contributed by atoms with van der Waals surface area (Å²) >= 11 is 0. The highest BCUT2D eigenvalue weighted by molar-refractivity contribution is 5.67. The minimum Gasteiger partial charge on any atom is -0.432 e. The lowest BCUT2D eigenvalue weighted by atomic mass is 9.63. The highest BCUT2D eigenvalue weighted by atomic mass is 16.6. The summed E-state index contributed by atoms with van der Waals surface area (Å²) in [5.74, 6) is 1.51. The lowest BCUT2D eigenvalue weighted by Crippen LogP contribution is -2.61. The van der Waals surface area contributed by atoms with Crippen molar-refractivity contribution in [1.82, 2.24) is 0 Å². The molecule has 16 heavy (non-hydrogen) atoms. The summed E-state index contributed by atoms with van der Waals surface area (Å²) in [4.78, 5) is 10.9. The summed E-state index contributed by atoms with van der Waals surface area (Å²) in [6.45, 7) is 2.84. The number of hydrogen-bond donors (Lipinski definition) is 0. The first-order chi connectivity index (χ1) is 7.75. The first kappa shape index (κ1) is 10.3. The molecule has 0 spiro atoms. The summed E-state index contributed by atoms with van der Waals surface area (Å²) < 4.78 is 16.5. The molecule has 2 aliphatic carbocycles. The lowest BCUT2D eigenvalue weighted by Gasteiger charge is -2.54. The van der Waals surface area contributed by atoms with Crippen LogP contribution in [-0.2, 0) is 19.0 Å². The van der Waals surface area contributed by atoms with Crippen LogP contribution in [-0.4, -0.2) is 31.4 Å². The van der Waals surface area contributed by atoms with Gasteiger partial charge in [-0.25, -0.2) is 0 Å². The van der Waals surface area contributed by atoms with Gasteiger partial charge in [0, 0.05) is 19.3 Å². The molecular weight excluding hydrogens is 208 g/mol. The van der Waals surface area contributed by atoms with Crippen molar-refractivity contribution in [1.29, 1.82) is 0 Å². The molecule has 0 N–H and O–H groups in total. The molecule has 3 aliphatic rings. The first-order valence-corrected chi connectivity index (χ1v) is 5.88. The number of hydrogen-bond acceptors (Lipinski definition) is 4. The monoisotopic (exact) mass is 224 g/mol. The molecule has 0 aromatic heterocycles. The molecule has 0 bridgehead atoms. The maximum Gasteiger partial charge on any atom is 0.307 e. The van der Waals surface area contributed by atoms with Gasteiger partial charge in [-0.3, -0.25) is 4.79 Å². The molecule has 0 aromatic rings. The van der Waals surface area contributed by atoms with Gasteiger partial charge in [0.1, 0.15) is 5.76 Å². The average Bonchev–Trinajstić information content (AvgIpc) is 2.26. The van der Waals surface area contributed by atoms with Crippen molar-refractivity contribution in [3.8, 4) is 0 Å². The van der Waals surface area contributed by atoms with Crippen molar-refractivity contribution in [2.75, 3.05) is 13.2 Å². The normalized spacial score (nSPS) is 41.2. The largest absolute Gasteiger partial charge is 0.432 e. The van der Waals surface area contributed by atoms with Crippen molar-refractivity contribution in [2.24, 2.45) is 11.8 Å². The van der Waals surface area contributed by atoms with E-state index >= 15 is 0 Å². The third kappa shape index (κ3) is 1.57. The van der Waals surface area contributed by atoms with Gasteiger partial charge >= 0.3 is 5.97 Å². The Hall–Kier alpha value is -0.870. The molecule has 4 heteroatoms. The van der Waals surface area contributed by atoms with Gasteiger partial charge in [0.2, 0.25) is 0 Å². The second kappa shape index (κ2) is 3.86. The Morgan fingerprint density at radius 3 is 2.88 bits per heavy atom. The molecule has 0 unspecified atom stereocenters. The number of rotatable bonds is 1. The summed E-state index contributed by atoms with van der Waals surface area (Å²) in [6.07, 6.45) is 4.39. The van der Waals surface area contributed by atoms with E-state index < -0.39 is 0 Å². The number of ether oxygens (including phenoxy) is 3. The van der Waals surface area contributed by atoms with Crippen LogP contribution < -0.4 is 0 Å². The fraction of sp³-hybridized carbons (Fsp3) is 0.750. The lowest BCUT2D eigenvalue weighted by molar-refractivity contribution is -0.242. The predicted octanol–water partition coefficient (Wildman–Crippen LogP) is 1.26. The summed E-state index contributed by atoms with van der Waals surface area (Å²) in [5, 5.41) is 0. The zero-order valence-corrected chi connectivity index (χ0v) is 9.35. The molecule has 0 aromatic carbocycles. The Kier molecular flexibility index (Phi) is 2.48. The SMILES string of the molecule is CC(=O)OC1=C[C@@H]2[C@H](CC1)[C@@H]1OCCO[C@@H]21. The second-order valence-corrected chi connectivity index (χ2v) is 4.68. The van der Waals surface area contributed by atoms with Crippen LogP contribution in [0.2, 0.25) is 0 Å². The van der Waals surface area contributed by atoms with Crippen LogP contribution in [0.5, 0.6) is 0 Å². The third-order valence-electron chi connectivity index (χ3n) is 3.70. The molecule has 1 saturated heterocycles. The van der Waals surface area contributed by atoms with Crippen molar-refractivity contribution in [3.05, 3.63) is 11.8 Å². The number of esters is 1. The smallest absolute Gasteiger partial charge is 0.307 e. The van der Waals surface area contributed by atoms with E-state index in [1.54, 1.807) is 0 Å². The molecule has 4 atom stereocenters. The number of allylic oxidation sites excluding steroid dienone is 1. The number of carbonyl (C=O) groups excluding carboxylic acids is 1. The number of carbonyl (C=O) groups is 1. The Labute approximate surface area is 94.5 Å². The van der Waals surface area contributed by atoms with E-state index in [0.717, 1.165) is 18.6 Å². The van der Waals surface area contributed by atoms with Crippen molar-refractivity contribution < 1.29 is 19.0 Å².